The molecule has 0 radical (unpaired) electrons. The highest BCUT2D eigenvalue weighted by Gasteiger charge is 2.29. The minimum atomic E-state index is -0.510. The fourth-order valence-corrected chi connectivity index (χ4v) is 3.38. The van der Waals surface area contributed by atoms with Gasteiger partial charge in [0.25, 0.3) is 0 Å². The van der Waals surface area contributed by atoms with Crippen LogP contribution >= 0.6 is 0 Å². The van der Waals surface area contributed by atoms with Gasteiger partial charge in [0.1, 0.15) is 19.7 Å². The predicted octanol–water partition coefficient (Wildman–Crippen LogP) is 3.76. The molecule has 2 aromatic rings. The van der Waals surface area contributed by atoms with E-state index in [2.05, 4.69) is 29.6 Å². The Labute approximate surface area is 153 Å². The molecular weight excluding hydrogens is 328 g/mol. The average molecular weight is 352 g/mol. The van der Waals surface area contributed by atoms with Gasteiger partial charge in [0.2, 0.25) is 0 Å². The number of hydrogen-bond donors (Lipinski definition) is 1. The third-order valence-corrected chi connectivity index (χ3v) is 4.72. The highest BCUT2D eigenvalue weighted by Crippen LogP contribution is 2.44. The lowest BCUT2D eigenvalue weighted by atomic mass is 9.98. The molecule has 1 N–H and O–H groups in total. The van der Waals surface area contributed by atoms with Crippen molar-refractivity contribution in [2.75, 3.05) is 13.7 Å². The van der Waals surface area contributed by atoms with Gasteiger partial charge in [-0.1, -0.05) is 62.4 Å². The standard InChI is InChI=1S/C21H24N2O3/c1-14(2)20(12-23(3)25)22-21(24)26-13-19-17-10-6-4-8-15(17)16-9-5-7-11-18(16)19/h4-12,14,19-20H,13H2,1-3H3,(H,22,24)/b23-12-/t20-/m1/s1. The molecule has 0 fully saturated rings. The van der Waals surface area contributed by atoms with Crippen molar-refractivity contribution in [3.05, 3.63) is 64.9 Å². The minimum absolute atomic E-state index is 0.0248. The predicted molar refractivity (Wildman–Crippen MR) is 102 cm³/mol. The maximum absolute atomic E-state index is 12.2. The average Bonchev–Trinajstić information content (AvgIpc) is 2.93. The molecule has 1 amide bonds. The van der Waals surface area contributed by atoms with Crippen LogP contribution in [0.2, 0.25) is 0 Å². The Hall–Kier alpha value is -2.82. The molecule has 0 heterocycles. The molecule has 5 heteroatoms. The second-order valence-corrected chi connectivity index (χ2v) is 6.93. The van der Waals surface area contributed by atoms with Gasteiger partial charge in [-0.2, -0.15) is 0 Å². The summed E-state index contributed by atoms with van der Waals surface area (Å²) in [4.78, 5) is 12.2. The van der Waals surface area contributed by atoms with Crippen LogP contribution in [0.5, 0.6) is 0 Å². The summed E-state index contributed by atoms with van der Waals surface area (Å²) in [6.07, 6.45) is 0.926. The van der Waals surface area contributed by atoms with Crippen LogP contribution in [0, 0.1) is 11.1 Å². The second kappa shape index (κ2) is 7.60. The van der Waals surface area contributed by atoms with Gasteiger partial charge in [-0.15, -0.1) is 0 Å². The van der Waals surface area contributed by atoms with Gasteiger partial charge in [0.05, 0.1) is 0 Å². The molecule has 2 aromatic carbocycles. The Kier molecular flexibility index (Phi) is 5.26. The first-order valence-corrected chi connectivity index (χ1v) is 8.84. The molecule has 5 nitrogen and oxygen atoms in total. The van der Waals surface area contributed by atoms with E-state index in [-0.39, 0.29) is 24.5 Å². The number of carbonyl (C=O) groups excluding carboxylic acids is 1. The van der Waals surface area contributed by atoms with E-state index in [4.69, 9.17) is 4.74 Å². The molecule has 26 heavy (non-hydrogen) atoms. The molecule has 0 bridgehead atoms. The lowest BCUT2D eigenvalue weighted by molar-refractivity contribution is -0.419. The van der Waals surface area contributed by atoms with Crippen LogP contribution in [0.4, 0.5) is 4.79 Å². The number of nitrogens with one attached hydrogen (secondary N) is 1. The summed E-state index contributed by atoms with van der Waals surface area (Å²) in [5.41, 5.74) is 4.73. The van der Waals surface area contributed by atoms with E-state index in [0.717, 1.165) is 0 Å². The topological polar surface area (TPSA) is 64.4 Å². The quantitative estimate of drug-likeness (QED) is 0.386. The zero-order valence-electron chi connectivity index (χ0n) is 15.3. The van der Waals surface area contributed by atoms with E-state index in [1.807, 2.05) is 38.1 Å². The monoisotopic (exact) mass is 352 g/mol. The first-order valence-electron chi connectivity index (χ1n) is 8.84. The lowest BCUT2D eigenvalue weighted by Gasteiger charge is -2.19. The largest absolute Gasteiger partial charge is 0.624 e. The number of fused-ring (bicyclic) bond motifs is 3. The summed E-state index contributed by atoms with van der Waals surface area (Å²) >= 11 is 0. The summed E-state index contributed by atoms with van der Waals surface area (Å²) in [7, 11) is 1.40. The highest BCUT2D eigenvalue weighted by atomic mass is 16.5. The van der Waals surface area contributed by atoms with Crippen molar-refractivity contribution >= 4 is 12.3 Å². The lowest BCUT2D eigenvalue weighted by Crippen LogP contribution is -2.41. The molecule has 0 aliphatic heterocycles. The number of carbonyl (C=O) groups is 1. The van der Waals surface area contributed by atoms with E-state index in [1.54, 1.807) is 0 Å². The molecule has 1 atom stereocenters. The first-order chi connectivity index (χ1) is 12.5. The summed E-state index contributed by atoms with van der Waals surface area (Å²) in [6, 6.07) is 16.0. The maximum atomic E-state index is 12.2. The third kappa shape index (κ3) is 3.72. The van der Waals surface area contributed by atoms with Gasteiger partial charge >= 0.3 is 6.09 Å². The van der Waals surface area contributed by atoms with Crippen LogP contribution in [0.1, 0.15) is 30.9 Å². The molecule has 136 valence electrons. The Morgan fingerprint density at radius 3 is 2.19 bits per heavy atom. The van der Waals surface area contributed by atoms with E-state index >= 15 is 0 Å². The van der Waals surface area contributed by atoms with E-state index in [0.29, 0.717) is 4.74 Å². The Balaban J connectivity index is 1.72. The van der Waals surface area contributed by atoms with Gasteiger partial charge in [-0.25, -0.2) is 9.53 Å². The van der Waals surface area contributed by atoms with Crippen molar-refractivity contribution in [1.82, 2.24) is 5.32 Å². The Morgan fingerprint density at radius 2 is 1.69 bits per heavy atom. The molecule has 0 spiro atoms. The molecular formula is C21H24N2O3. The zero-order valence-corrected chi connectivity index (χ0v) is 15.3. The van der Waals surface area contributed by atoms with E-state index < -0.39 is 6.09 Å². The van der Waals surface area contributed by atoms with Gasteiger partial charge in [-0.3, -0.25) is 0 Å². The summed E-state index contributed by atoms with van der Waals surface area (Å²) in [5, 5.41) is 14.0. The van der Waals surface area contributed by atoms with Gasteiger partial charge in [-0.05, 0) is 28.2 Å². The number of benzene rings is 2. The van der Waals surface area contributed by atoms with Gasteiger partial charge < -0.3 is 15.3 Å². The van der Waals surface area contributed by atoms with E-state index in [9.17, 15) is 10.0 Å². The van der Waals surface area contributed by atoms with Crippen molar-refractivity contribution in [1.29, 1.82) is 0 Å². The van der Waals surface area contributed by atoms with Crippen LogP contribution in [0.3, 0.4) is 0 Å². The van der Waals surface area contributed by atoms with Crippen molar-refractivity contribution in [2.45, 2.75) is 25.8 Å². The molecule has 3 rings (SSSR count). The smallest absolute Gasteiger partial charge is 0.407 e. The number of ether oxygens (including phenoxy) is 1. The molecule has 1 aliphatic rings. The van der Waals surface area contributed by atoms with Crippen molar-refractivity contribution in [3.63, 3.8) is 0 Å². The summed E-state index contributed by atoms with van der Waals surface area (Å²) < 4.78 is 6.21. The SMILES string of the molecule is CC(C)[C@@H](/C=[N+](/C)[O-])NC(=O)OCC1c2ccccc2-c2ccccc21. The zero-order chi connectivity index (χ0) is 18.7. The third-order valence-electron chi connectivity index (χ3n) is 4.72. The fourth-order valence-electron chi connectivity index (χ4n) is 3.38. The normalized spacial score (nSPS) is 14.7. The number of hydroxylamine groups is 1. The summed E-state index contributed by atoms with van der Waals surface area (Å²) in [6.45, 7) is 4.14. The number of nitrogens with zero attached hydrogens (tertiary/aromatic N) is 1. The maximum Gasteiger partial charge on any atom is 0.407 e. The van der Waals surface area contributed by atoms with Crippen LogP contribution < -0.4 is 5.32 Å². The Bertz CT molecular complexity index is 780. The molecule has 0 unspecified atom stereocenters. The molecule has 1 aliphatic carbocycles. The van der Waals surface area contributed by atoms with Crippen LogP contribution in [0.15, 0.2) is 48.5 Å². The summed E-state index contributed by atoms with van der Waals surface area (Å²) in [5.74, 6) is 0.115. The van der Waals surface area contributed by atoms with Crippen LogP contribution in [-0.4, -0.2) is 36.7 Å². The Morgan fingerprint density at radius 1 is 1.15 bits per heavy atom. The van der Waals surface area contributed by atoms with Crippen LogP contribution in [0.25, 0.3) is 11.1 Å². The van der Waals surface area contributed by atoms with Crippen molar-refractivity contribution < 1.29 is 14.3 Å². The molecule has 0 saturated carbocycles. The second-order valence-electron chi connectivity index (χ2n) is 6.93. The number of amides is 1. The van der Waals surface area contributed by atoms with Crippen molar-refractivity contribution in [3.8, 4) is 11.1 Å². The molecule has 0 saturated heterocycles. The molecule has 0 aromatic heterocycles. The van der Waals surface area contributed by atoms with Gasteiger partial charge in [0.15, 0.2) is 6.21 Å². The number of alkyl carbamates (subject to hydrolysis) is 1. The minimum Gasteiger partial charge on any atom is -0.624 e. The first kappa shape index (κ1) is 18.0. The highest BCUT2D eigenvalue weighted by molar-refractivity contribution is 5.79. The van der Waals surface area contributed by atoms with Crippen LogP contribution in [-0.2, 0) is 4.74 Å². The fraction of sp³-hybridized carbons (Fsp3) is 0.333. The van der Waals surface area contributed by atoms with E-state index in [1.165, 1.54) is 35.5 Å². The van der Waals surface area contributed by atoms with Crippen molar-refractivity contribution in [2.24, 2.45) is 5.92 Å². The number of hydrogen-bond acceptors (Lipinski definition) is 3. The van der Waals surface area contributed by atoms with Gasteiger partial charge in [0, 0.05) is 5.92 Å². The number of rotatable bonds is 5.